The van der Waals surface area contributed by atoms with E-state index in [0.717, 1.165) is 12.8 Å². The first-order valence-electron chi connectivity index (χ1n) is 5.20. The zero-order chi connectivity index (χ0) is 10.8. The van der Waals surface area contributed by atoms with Gasteiger partial charge in [-0.05, 0) is 40.5 Å². The van der Waals surface area contributed by atoms with Crippen LogP contribution < -0.4 is 0 Å². The summed E-state index contributed by atoms with van der Waals surface area (Å²) < 4.78 is 0. The summed E-state index contributed by atoms with van der Waals surface area (Å²) in [6.07, 6.45) is 2.02. The molecule has 1 aliphatic carbocycles. The molecule has 0 N–H and O–H groups in total. The second-order valence-corrected chi connectivity index (χ2v) is 5.22. The molecule has 2 unspecified atom stereocenters. The molecule has 0 aromatic rings. The van der Waals surface area contributed by atoms with Crippen LogP contribution in [0, 0.1) is 17.8 Å². The summed E-state index contributed by atoms with van der Waals surface area (Å²) in [5, 5.41) is 0. The summed E-state index contributed by atoms with van der Waals surface area (Å²) in [6.45, 7) is 10.0. The van der Waals surface area contributed by atoms with Crippen molar-refractivity contribution in [3.8, 4) is 11.8 Å². The minimum Gasteiger partial charge on any atom is -0.229 e. The Morgan fingerprint density at radius 2 is 2.00 bits per heavy atom. The number of rotatable bonds is 2. The third-order valence-corrected chi connectivity index (χ3v) is 2.11. The largest absolute Gasteiger partial charge is 0.229 e. The average molecular weight is 196 g/mol. The highest BCUT2D eigenvalue weighted by atomic mass is 17.2. The molecule has 2 heteroatoms. The molecule has 2 atom stereocenters. The summed E-state index contributed by atoms with van der Waals surface area (Å²) in [5.41, 5.74) is -0.687. The van der Waals surface area contributed by atoms with Gasteiger partial charge in [0, 0.05) is 5.92 Å². The molecule has 1 rings (SSSR count). The summed E-state index contributed by atoms with van der Waals surface area (Å²) in [5.74, 6) is 6.76. The van der Waals surface area contributed by atoms with Crippen molar-refractivity contribution < 1.29 is 9.78 Å². The highest BCUT2D eigenvalue weighted by molar-refractivity contribution is 5.17. The van der Waals surface area contributed by atoms with Crippen molar-refractivity contribution in [2.75, 3.05) is 0 Å². The van der Waals surface area contributed by atoms with Gasteiger partial charge in [0.1, 0.15) is 0 Å². The van der Waals surface area contributed by atoms with Gasteiger partial charge in [0.05, 0.1) is 5.60 Å². The van der Waals surface area contributed by atoms with Crippen LogP contribution in [0.1, 0.15) is 47.5 Å². The lowest BCUT2D eigenvalue weighted by molar-refractivity contribution is -0.389. The van der Waals surface area contributed by atoms with Gasteiger partial charge in [-0.2, -0.15) is 0 Å². The second-order valence-electron chi connectivity index (χ2n) is 5.22. The Labute approximate surface area is 86.9 Å². The standard InChI is InChI=1S/C12H20O2/c1-10-6-8-12(5,9-7-10)14-13-11(2,3)4/h10H,6,8H2,1-5H3. The van der Waals surface area contributed by atoms with E-state index in [-0.39, 0.29) is 5.60 Å². The van der Waals surface area contributed by atoms with E-state index >= 15 is 0 Å². The molecule has 0 amide bonds. The van der Waals surface area contributed by atoms with E-state index in [1.54, 1.807) is 0 Å². The lowest BCUT2D eigenvalue weighted by Crippen LogP contribution is -2.34. The number of hydrogen-bond donors (Lipinski definition) is 0. The maximum atomic E-state index is 5.41. The molecule has 80 valence electrons. The van der Waals surface area contributed by atoms with Crippen molar-refractivity contribution >= 4 is 0 Å². The molecule has 0 spiro atoms. The SMILES string of the molecule is CC1C#CC(C)(OOC(C)(C)C)CC1. The molecule has 0 aromatic carbocycles. The van der Waals surface area contributed by atoms with Gasteiger partial charge in [-0.3, -0.25) is 0 Å². The summed E-state index contributed by atoms with van der Waals surface area (Å²) >= 11 is 0. The minimum atomic E-state index is -0.417. The van der Waals surface area contributed by atoms with Crippen LogP contribution >= 0.6 is 0 Å². The Morgan fingerprint density at radius 1 is 1.36 bits per heavy atom. The third kappa shape index (κ3) is 3.69. The molecule has 0 heterocycles. The fourth-order valence-electron chi connectivity index (χ4n) is 1.18. The molecule has 0 aromatic heterocycles. The lowest BCUT2D eigenvalue weighted by atomic mass is 9.90. The van der Waals surface area contributed by atoms with Crippen molar-refractivity contribution in [1.29, 1.82) is 0 Å². The van der Waals surface area contributed by atoms with E-state index in [2.05, 4.69) is 18.8 Å². The summed E-state index contributed by atoms with van der Waals surface area (Å²) in [6, 6.07) is 0. The van der Waals surface area contributed by atoms with Gasteiger partial charge in [-0.1, -0.05) is 18.8 Å². The molecule has 0 bridgehead atoms. The Balaban J connectivity index is 2.52. The van der Waals surface area contributed by atoms with Gasteiger partial charge in [-0.25, -0.2) is 9.78 Å². The van der Waals surface area contributed by atoms with Crippen LogP contribution in [0.15, 0.2) is 0 Å². The normalized spacial score (nSPS) is 32.2. The fourth-order valence-corrected chi connectivity index (χ4v) is 1.18. The number of hydrogen-bond acceptors (Lipinski definition) is 2. The van der Waals surface area contributed by atoms with Crippen molar-refractivity contribution in [3.05, 3.63) is 0 Å². The highest BCUT2D eigenvalue weighted by Gasteiger charge is 2.29. The first-order chi connectivity index (χ1) is 6.31. The van der Waals surface area contributed by atoms with Crippen LogP contribution in [0.2, 0.25) is 0 Å². The molecule has 14 heavy (non-hydrogen) atoms. The van der Waals surface area contributed by atoms with E-state index in [9.17, 15) is 0 Å². The first-order valence-corrected chi connectivity index (χ1v) is 5.20. The Morgan fingerprint density at radius 3 is 2.43 bits per heavy atom. The van der Waals surface area contributed by atoms with E-state index < -0.39 is 5.60 Å². The molecule has 0 radical (unpaired) electrons. The average Bonchev–Trinajstić information content (AvgIpc) is 2.07. The maximum absolute atomic E-state index is 5.41. The minimum absolute atomic E-state index is 0.270. The van der Waals surface area contributed by atoms with Crippen LogP contribution in [0.4, 0.5) is 0 Å². The van der Waals surface area contributed by atoms with Crippen molar-refractivity contribution in [1.82, 2.24) is 0 Å². The summed E-state index contributed by atoms with van der Waals surface area (Å²) in [4.78, 5) is 10.7. The van der Waals surface area contributed by atoms with Gasteiger partial charge in [0.2, 0.25) is 0 Å². The van der Waals surface area contributed by atoms with Crippen LogP contribution in [0.25, 0.3) is 0 Å². The zero-order valence-electron chi connectivity index (χ0n) is 9.81. The van der Waals surface area contributed by atoms with Crippen LogP contribution in [-0.2, 0) is 9.78 Å². The first kappa shape index (κ1) is 11.6. The predicted molar refractivity (Wildman–Crippen MR) is 56.5 cm³/mol. The topological polar surface area (TPSA) is 18.5 Å². The van der Waals surface area contributed by atoms with Gasteiger partial charge in [0.25, 0.3) is 0 Å². The summed E-state index contributed by atoms with van der Waals surface area (Å²) in [7, 11) is 0. The van der Waals surface area contributed by atoms with E-state index in [0.29, 0.717) is 5.92 Å². The Bertz CT molecular complexity index is 254. The second kappa shape index (κ2) is 3.92. The molecular weight excluding hydrogens is 176 g/mol. The monoisotopic (exact) mass is 196 g/mol. The van der Waals surface area contributed by atoms with Crippen LogP contribution in [-0.4, -0.2) is 11.2 Å². The molecule has 0 saturated heterocycles. The van der Waals surface area contributed by atoms with Gasteiger partial charge >= 0.3 is 0 Å². The smallest absolute Gasteiger partial charge is 0.161 e. The van der Waals surface area contributed by atoms with E-state index in [4.69, 9.17) is 9.78 Å². The van der Waals surface area contributed by atoms with Gasteiger partial charge in [0.15, 0.2) is 5.60 Å². The van der Waals surface area contributed by atoms with E-state index in [1.165, 1.54) is 0 Å². The van der Waals surface area contributed by atoms with Crippen molar-refractivity contribution in [2.45, 2.75) is 58.7 Å². The quantitative estimate of drug-likeness (QED) is 0.384. The molecular formula is C12H20O2. The molecule has 1 aliphatic rings. The Hall–Kier alpha value is -0.520. The van der Waals surface area contributed by atoms with Crippen molar-refractivity contribution in [3.63, 3.8) is 0 Å². The Kier molecular flexibility index (Phi) is 3.24. The highest BCUT2D eigenvalue weighted by Crippen LogP contribution is 2.26. The lowest BCUT2D eigenvalue weighted by Gasteiger charge is -2.30. The fraction of sp³-hybridized carbons (Fsp3) is 0.833. The molecule has 0 fully saturated rings. The van der Waals surface area contributed by atoms with Crippen molar-refractivity contribution in [2.24, 2.45) is 5.92 Å². The van der Waals surface area contributed by atoms with Crippen LogP contribution in [0.5, 0.6) is 0 Å². The van der Waals surface area contributed by atoms with E-state index in [1.807, 2.05) is 27.7 Å². The molecule has 0 aliphatic heterocycles. The molecule has 2 nitrogen and oxygen atoms in total. The third-order valence-electron chi connectivity index (χ3n) is 2.11. The zero-order valence-corrected chi connectivity index (χ0v) is 9.81. The van der Waals surface area contributed by atoms with Crippen LogP contribution in [0.3, 0.4) is 0 Å². The van der Waals surface area contributed by atoms with Gasteiger partial charge in [-0.15, -0.1) is 0 Å². The van der Waals surface area contributed by atoms with Gasteiger partial charge < -0.3 is 0 Å². The predicted octanol–water partition coefficient (Wildman–Crippen LogP) is 2.93. The molecule has 0 saturated carbocycles. The maximum Gasteiger partial charge on any atom is 0.161 e.